The number of nitrogens with one attached hydrogen (secondary N) is 2. The van der Waals surface area contributed by atoms with E-state index >= 15 is 0 Å². The number of sulfonamides is 1. The van der Waals surface area contributed by atoms with Gasteiger partial charge in [-0.25, -0.2) is 8.42 Å². The molecule has 2 rings (SSSR count). The third kappa shape index (κ3) is 4.42. The smallest absolute Gasteiger partial charge is 0.263 e. The van der Waals surface area contributed by atoms with Gasteiger partial charge in [0.2, 0.25) is 0 Å². The second-order valence-electron chi connectivity index (χ2n) is 4.64. The fourth-order valence-corrected chi connectivity index (χ4v) is 3.64. The van der Waals surface area contributed by atoms with Crippen molar-refractivity contribution in [1.29, 1.82) is 0 Å². The summed E-state index contributed by atoms with van der Waals surface area (Å²) in [5.41, 5.74) is 0.633. The molecule has 24 heavy (non-hydrogen) atoms. The Labute approximate surface area is 150 Å². The van der Waals surface area contributed by atoms with E-state index in [1.165, 1.54) is 42.5 Å². The van der Waals surface area contributed by atoms with Crippen LogP contribution in [0.4, 0.5) is 5.69 Å². The molecule has 0 unspecified atom stereocenters. The summed E-state index contributed by atoms with van der Waals surface area (Å²) in [7, 11) is -3.91. The van der Waals surface area contributed by atoms with Crippen molar-refractivity contribution < 1.29 is 13.2 Å². The predicted octanol–water partition coefficient (Wildman–Crippen LogP) is 3.16. The van der Waals surface area contributed by atoms with Gasteiger partial charge in [0, 0.05) is 16.3 Å². The van der Waals surface area contributed by atoms with Crippen molar-refractivity contribution in [3.05, 3.63) is 58.1 Å². The number of hydrogen-bond donors (Lipinski definition) is 2. The molecule has 2 N–H and O–H groups in total. The Morgan fingerprint density at radius 2 is 1.79 bits per heavy atom. The van der Waals surface area contributed by atoms with Crippen LogP contribution < -0.4 is 10.0 Å². The number of hydrogen-bond acceptors (Lipinski definition) is 3. The molecule has 1 amide bonds. The molecule has 8 heteroatoms. The molecule has 2 aromatic rings. The number of benzene rings is 2. The van der Waals surface area contributed by atoms with Gasteiger partial charge in [-0.15, -0.1) is 6.42 Å². The van der Waals surface area contributed by atoms with Gasteiger partial charge < -0.3 is 5.32 Å². The molecule has 0 spiro atoms. The van der Waals surface area contributed by atoms with Crippen LogP contribution >= 0.6 is 23.2 Å². The Morgan fingerprint density at radius 1 is 1.12 bits per heavy atom. The highest BCUT2D eigenvalue weighted by molar-refractivity contribution is 7.92. The molecule has 2 aromatic carbocycles. The molecular weight excluding hydrogens is 371 g/mol. The zero-order chi connectivity index (χ0) is 17.7. The normalized spacial score (nSPS) is 10.7. The summed E-state index contributed by atoms with van der Waals surface area (Å²) in [4.78, 5) is 11.6. The van der Waals surface area contributed by atoms with Gasteiger partial charge in [-0.05, 0) is 42.5 Å². The fraction of sp³-hybridized carbons (Fsp3) is 0.0625. The predicted molar refractivity (Wildman–Crippen MR) is 94.9 cm³/mol. The van der Waals surface area contributed by atoms with Crippen LogP contribution in [0.5, 0.6) is 0 Å². The number of carbonyl (C=O) groups is 1. The fourth-order valence-electron chi connectivity index (χ4n) is 1.82. The molecular formula is C16H12Cl2N2O3S. The van der Waals surface area contributed by atoms with Crippen molar-refractivity contribution in [2.24, 2.45) is 0 Å². The summed E-state index contributed by atoms with van der Waals surface area (Å²) in [6.45, 7) is 0.112. The SMILES string of the molecule is C#CCNC(=O)c1ccc(NS(=O)(=O)c2cc(Cl)ccc2Cl)cc1. The van der Waals surface area contributed by atoms with Gasteiger partial charge in [-0.2, -0.15) is 0 Å². The summed E-state index contributed by atoms with van der Waals surface area (Å²) in [5.74, 6) is 1.94. The van der Waals surface area contributed by atoms with Crippen LogP contribution in [0, 0.1) is 12.3 Å². The molecule has 0 saturated carbocycles. The number of terminal acetylenes is 1. The number of rotatable bonds is 5. The summed E-state index contributed by atoms with van der Waals surface area (Å²) >= 11 is 11.7. The minimum atomic E-state index is -3.91. The van der Waals surface area contributed by atoms with E-state index in [1.807, 2.05) is 0 Å². The minimum absolute atomic E-state index is 0.0529. The van der Waals surface area contributed by atoms with Gasteiger partial charge in [0.1, 0.15) is 4.90 Å². The van der Waals surface area contributed by atoms with Crippen molar-refractivity contribution in [2.75, 3.05) is 11.3 Å². The molecule has 0 atom stereocenters. The number of anilines is 1. The Morgan fingerprint density at radius 3 is 2.42 bits per heavy atom. The largest absolute Gasteiger partial charge is 0.341 e. The molecule has 0 aliphatic heterocycles. The average molecular weight is 383 g/mol. The molecule has 0 aliphatic rings. The Bertz CT molecular complexity index is 904. The van der Waals surface area contributed by atoms with E-state index in [0.29, 0.717) is 5.56 Å². The van der Waals surface area contributed by atoms with E-state index < -0.39 is 10.0 Å². The second-order valence-corrected chi connectivity index (χ2v) is 7.14. The Balaban J connectivity index is 2.20. The molecule has 5 nitrogen and oxygen atoms in total. The van der Waals surface area contributed by atoms with Crippen molar-refractivity contribution in [3.63, 3.8) is 0 Å². The van der Waals surface area contributed by atoms with Crippen molar-refractivity contribution in [2.45, 2.75) is 4.90 Å². The topological polar surface area (TPSA) is 75.3 Å². The highest BCUT2D eigenvalue weighted by atomic mass is 35.5. The van der Waals surface area contributed by atoms with Crippen molar-refractivity contribution in [3.8, 4) is 12.3 Å². The van der Waals surface area contributed by atoms with Crippen molar-refractivity contribution in [1.82, 2.24) is 5.32 Å². The molecule has 0 fully saturated rings. The van der Waals surface area contributed by atoms with Crippen molar-refractivity contribution >= 4 is 44.8 Å². The molecule has 0 bridgehead atoms. The summed E-state index contributed by atoms with van der Waals surface area (Å²) in [6.07, 6.45) is 5.06. The Kier molecular flexibility index (Phi) is 5.73. The van der Waals surface area contributed by atoms with Gasteiger partial charge in [-0.3, -0.25) is 9.52 Å². The number of carbonyl (C=O) groups excluding carboxylic acids is 1. The number of halogens is 2. The lowest BCUT2D eigenvalue weighted by molar-refractivity contribution is 0.0958. The molecule has 0 heterocycles. The molecule has 0 radical (unpaired) electrons. The average Bonchev–Trinajstić information content (AvgIpc) is 2.55. The Hall–Kier alpha value is -2.20. The quantitative estimate of drug-likeness (QED) is 0.779. The van der Waals surface area contributed by atoms with Gasteiger partial charge in [-0.1, -0.05) is 29.1 Å². The molecule has 0 aromatic heterocycles. The highest BCUT2D eigenvalue weighted by Gasteiger charge is 2.18. The monoisotopic (exact) mass is 382 g/mol. The van der Waals surface area contributed by atoms with Gasteiger partial charge in [0.05, 0.1) is 11.6 Å². The third-order valence-corrected chi connectivity index (χ3v) is 5.03. The molecule has 124 valence electrons. The van der Waals surface area contributed by atoms with Crippen LogP contribution in [0.3, 0.4) is 0 Å². The van der Waals surface area contributed by atoms with Crippen LogP contribution in [-0.4, -0.2) is 20.9 Å². The van der Waals surface area contributed by atoms with Gasteiger partial charge in [0.15, 0.2) is 0 Å². The van der Waals surface area contributed by atoms with E-state index in [-0.39, 0.29) is 33.1 Å². The summed E-state index contributed by atoms with van der Waals surface area (Å²) in [5, 5.41) is 2.81. The standard InChI is InChI=1S/C16H12Cl2N2O3S/c1-2-9-19-16(21)11-3-6-13(7-4-11)20-24(22,23)15-10-12(17)5-8-14(15)18/h1,3-8,10,20H,9H2,(H,19,21). The van der Waals surface area contributed by atoms with Gasteiger partial charge >= 0.3 is 0 Å². The van der Waals surface area contributed by atoms with E-state index in [9.17, 15) is 13.2 Å². The first-order valence-electron chi connectivity index (χ1n) is 6.63. The zero-order valence-corrected chi connectivity index (χ0v) is 14.5. The maximum absolute atomic E-state index is 12.4. The summed E-state index contributed by atoms with van der Waals surface area (Å²) in [6, 6.07) is 10.0. The second kappa shape index (κ2) is 7.58. The lowest BCUT2D eigenvalue weighted by Gasteiger charge is -2.10. The lowest BCUT2D eigenvalue weighted by Crippen LogP contribution is -2.23. The number of amides is 1. The van der Waals surface area contributed by atoms with Gasteiger partial charge in [0.25, 0.3) is 15.9 Å². The summed E-state index contributed by atoms with van der Waals surface area (Å²) < 4.78 is 27.1. The minimum Gasteiger partial charge on any atom is -0.341 e. The molecule has 0 aliphatic carbocycles. The van der Waals surface area contributed by atoms with Crippen LogP contribution in [0.2, 0.25) is 10.0 Å². The third-order valence-electron chi connectivity index (χ3n) is 2.93. The van der Waals surface area contributed by atoms with E-state index in [1.54, 1.807) is 0 Å². The lowest BCUT2D eigenvalue weighted by atomic mass is 10.2. The van der Waals surface area contributed by atoms with E-state index in [4.69, 9.17) is 29.6 Å². The van der Waals surface area contributed by atoms with Crippen LogP contribution in [0.15, 0.2) is 47.4 Å². The maximum Gasteiger partial charge on any atom is 0.263 e. The maximum atomic E-state index is 12.4. The molecule has 0 saturated heterocycles. The highest BCUT2D eigenvalue weighted by Crippen LogP contribution is 2.26. The van der Waals surface area contributed by atoms with Crippen LogP contribution in [0.1, 0.15) is 10.4 Å². The van der Waals surface area contributed by atoms with E-state index in [2.05, 4.69) is 16.0 Å². The zero-order valence-electron chi connectivity index (χ0n) is 12.2. The first-order valence-corrected chi connectivity index (χ1v) is 8.87. The first kappa shape index (κ1) is 18.1. The van der Waals surface area contributed by atoms with Crippen LogP contribution in [-0.2, 0) is 10.0 Å². The van der Waals surface area contributed by atoms with Crippen LogP contribution in [0.25, 0.3) is 0 Å². The van der Waals surface area contributed by atoms with E-state index in [0.717, 1.165) is 0 Å². The first-order chi connectivity index (χ1) is 11.3.